The van der Waals surface area contributed by atoms with Crippen LogP contribution in [0, 0.1) is 10.1 Å². The highest BCUT2D eigenvalue weighted by molar-refractivity contribution is 5.87. The summed E-state index contributed by atoms with van der Waals surface area (Å²) in [5.41, 5.74) is 3.75. The lowest BCUT2D eigenvalue weighted by atomic mass is 10.1. The standard InChI is InChI=1S/C11H18N6O3/c1-4-5-13-10-14-6-7(17(19)20)8(15-10)16-11(2,3)9(12)18/h6H,4-5H2,1-3H3,(H2,12,18)(H2,13,14,15,16). The number of carbonyl (C=O) groups excluding carboxylic acids is 1. The Morgan fingerprint density at radius 2 is 2.20 bits per heavy atom. The second-order valence-corrected chi connectivity index (χ2v) is 4.73. The van der Waals surface area contributed by atoms with Gasteiger partial charge in [-0.15, -0.1) is 0 Å². The largest absolute Gasteiger partial charge is 0.368 e. The van der Waals surface area contributed by atoms with Crippen LogP contribution in [0.3, 0.4) is 0 Å². The molecule has 0 fully saturated rings. The number of hydrogen-bond acceptors (Lipinski definition) is 7. The van der Waals surface area contributed by atoms with Crippen LogP contribution in [0.25, 0.3) is 0 Å². The van der Waals surface area contributed by atoms with Crippen LogP contribution in [0.5, 0.6) is 0 Å². The van der Waals surface area contributed by atoms with Crippen LogP contribution in [0.4, 0.5) is 17.5 Å². The van der Waals surface area contributed by atoms with Crippen LogP contribution < -0.4 is 16.4 Å². The molecule has 1 rings (SSSR count). The lowest BCUT2D eigenvalue weighted by Crippen LogP contribution is -2.45. The molecule has 0 aromatic carbocycles. The number of rotatable bonds is 7. The van der Waals surface area contributed by atoms with Crippen molar-refractivity contribution in [1.82, 2.24) is 9.97 Å². The van der Waals surface area contributed by atoms with Crippen molar-refractivity contribution in [2.75, 3.05) is 17.2 Å². The van der Waals surface area contributed by atoms with Gasteiger partial charge in [-0.25, -0.2) is 4.98 Å². The van der Waals surface area contributed by atoms with Gasteiger partial charge in [-0.05, 0) is 20.3 Å². The molecule has 1 amide bonds. The second kappa shape index (κ2) is 6.13. The molecule has 0 unspecified atom stereocenters. The molecular formula is C11H18N6O3. The summed E-state index contributed by atoms with van der Waals surface area (Å²) in [4.78, 5) is 29.5. The van der Waals surface area contributed by atoms with E-state index >= 15 is 0 Å². The summed E-state index contributed by atoms with van der Waals surface area (Å²) in [6.07, 6.45) is 1.94. The lowest BCUT2D eigenvalue weighted by Gasteiger charge is -2.22. The molecule has 9 nitrogen and oxygen atoms in total. The minimum atomic E-state index is -1.17. The number of carbonyl (C=O) groups is 1. The van der Waals surface area contributed by atoms with Gasteiger partial charge in [0.15, 0.2) is 0 Å². The summed E-state index contributed by atoms with van der Waals surface area (Å²) < 4.78 is 0. The quantitative estimate of drug-likeness (QED) is 0.498. The summed E-state index contributed by atoms with van der Waals surface area (Å²) in [6.45, 7) is 5.63. The number of nitrogens with two attached hydrogens (primary N) is 1. The maximum absolute atomic E-state index is 11.3. The molecule has 1 aromatic heterocycles. The molecule has 1 heterocycles. The van der Waals surface area contributed by atoms with Crippen LogP contribution in [-0.4, -0.2) is 32.9 Å². The number of nitrogens with one attached hydrogen (secondary N) is 2. The third-order valence-electron chi connectivity index (χ3n) is 2.55. The predicted molar refractivity (Wildman–Crippen MR) is 74.4 cm³/mol. The average molecular weight is 282 g/mol. The van der Waals surface area contributed by atoms with Crippen molar-refractivity contribution in [3.8, 4) is 0 Å². The SMILES string of the molecule is CCCNc1ncc([N+](=O)[O-])c(NC(C)(C)C(N)=O)n1. The van der Waals surface area contributed by atoms with Crippen molar-refractivity contribution >= 4 is 23.4 Å². The van der Waals surface area contributed by atoms with Crippen LogP contribution in [0.1, 0.15) is 27.2 Å². The zero-order chi connectivity index (χ0) is 15.3. The number of anilines is 2. The van der Waals surface area contributed by atoms with E-state index in [-0.39, 0.29) is 17.5 Å². The van der Waals surface area contributed by atoms with Crippen molar-refractivity contribution in [3.63, 3.8) is 0 Å². The highest BCUT2D eigenvalue weighted by Crippen LogP contribution is 2.25. The Morgan fingerprint density at radius 1 is 1.55 bits per heavy atom. The molecular weight excluding hydrogens is 264 g/mol. The molecule has 0 aliphatic carbocycles. The first-order chi connectivity index (χ1) is 9.27. The Labute approximate surface area is 116 Å². The third kappa shape index (κ3) is 3.77. The summed E-state index contributed by atoms with van der Waals surface area (Å²) in [5, 5.41) is 16.5. The van der Waals surface area contributed by atoms with Crippen molar-refractivity contribution in [2.45, 2.75) is 32.7 Å². The van der Waals surface area contributed by atoms with E-state index in [1.54, 1.807) is 0 Å². The number of nitro groups is 1. The Bertz CT molecular complexity index is 517. The molecule has 110 valence electrons. The van der Waals surface area contributed by atoms with Crippen LogP contribution in [0.15, 0.2) is 6.20 Å². The minimum Gasteiger partial charge on any atom is -0.368 e. The Balaban J connectivity index is 3.12. The molecule has 0 spiro atoms. The molecule has 20 heavy (non-hydrogen) atoms. The normalized spacial score (nSPS) is 10.9. The van der Waals surface area contributed by atoms with E-state index in [2.05, 4.69) is 20.6 Å². The van der Waals surface area contributed by atoms with E-state index in [0.717, 1.165) is 12.6 Å². The number of hydrogen-bond donors (Lipinski definition) is 3. The average Bonchev–Trinajstić information content (AvgIpc) is 2.35. The van der Waals surface area contributed by atoms with Gasteiger partial charge in [0.2, 0.25) is 17.7 Å². The van der Waals surface area contributed by atoms with Gasteiger partial charge in [0, 0.05) is 6.54 Å². The van der Waals surface area contributed by atoms with E-state index in [4.69, 9.17) is 5.73 Å². The summed E-state index contributed by atoms with van der Waals surface area (Å²) in [6, 6.07) is 0. The maximum Gasteiger partial charge on any atom is 0.329 e. The van der Waals surface area contributed by atoms with Crippen LogP contribution >= 0.6 is 0 Å². The molecule has 0 aliphatic rings. The fraction of sp³-hybridized carbons (Fsp3) is 0.545. The maximum atomic E-state index is 11.3. The van der Waals surface area contributed by atoms with Crippen molar-refractivity contribution in [2.24, 2.45) is 5.73 Å². The molecule has 1 aromatic rings. The van der Waals surface area contributed by atoms with Gasteiger partial charge < -0.3 is 16.4 Å². The van der Waals surface area contributed by atoms with Gasteiger partial charge in [0.25, 0.3) is 0 Å². The van der Waals surface area contributed by atoms with E-state index in [9.17, 15) is 14.9 Å². The minimum absolute atomic E-state index is 0.0487. The molecule has 0 saturated heterocycles. The molecule has 9 heteroatoms. The molecule has 0 atom stereocenters. The second-order valence-electron chi connectivity index (χ2n) is 4.73. The molecule has 0 aliphatic heterocycles. The highest BCUT2D eigenvalue weighted by atomic mass is 16.6. The highest BCUT2D eigenvalue weighted by Gasteiger charge is 2.29. The van der Waals surface area contributed by atoms with E-state index < -0.39 is 16.4 Å². The fourth-order valence-electron chi connectivity index (χ4n) is 1.28. The first-order valence-corrected chi connectivity index (χ1v) is 6.11. The first-order valence-electron chi connectivity index (χ1n) is 6.11. The Morgan fingerprint density at radius 3 is 2.70 bits per heavy atom. The summed E-state index contributed by atoms with van der Waals surface area (Å²) >= 11 is 0. The fourth-order valence-corrected chi connectivity index (χ4v) is 1.28. The van der Waals surface area contributed by atoms with Crippen LogP contribution in [0.2, 0.25) is 0 Å². The number of nitrogens with zero attached hydrogens (tertiary/aromatic N) is 3. The first kappa shape index (κ1) is 15.6. The lowest BCUT2D eigenvalue weighted by molar-refractivity contribution is -0.384. The molecule has 0 radical (unpaired) electrons. The van der Waals surface area contributed by atoms with Gasteiger partial charge in [-0.2, -0.15) is 4.98 Å². The summed E-state index contributed by atoms with van der Waals surface area (Å²) in [7, 11) is 0. The van der Waals surface area contributed by atoms with Crippen LogP contribution in [-0.2, 0) is 4.79 Å². The zero-order valence-corrected chi connectivity index (χ0v) is 11.6. The number of primary amides is 1. The molecule has 0 saturated carbocycles. The van der Waals surface area contributed by atoms with Crippen molar-refractivity contribution in [1.29, 1.82) is 0 Å². The molecule has 0 bridgehead atoms. The Kier molecular flexibility index (Phi) is 4.78. The van der Waals surface area contributed by atoms with Gasteiger partial charge in [-0.1, -0.05) is 6.92 Å². The van der Waals surface area contributed by atoms with E-state index in [1.807, 2.05) is 6.92 Å². The number of amides is 1. The van der Waals surface area contributed by atoms with Gasteiger partial charge in [-0.3, -0.25) is 14.9 Å². The third-order valence-corrected chi connectivity index (χ3v) is 2.55. The van der Waals surface area contributed by atoms with Crippen molar-refractivity contribution in [3.05, 3.63) is 16.3 Å². The van der Waals surface area contributed by atoms with Crippen molar-refractivity contribution < 1.29 is 9.72 Å². The summed E-state index contributed by atoms with van der Waals surface area (Å²) in [5.74, 6) is -0.443. The van der Waals surface area contributed by atoms with Gasteiger partial charge in [0.1, 0.15) is 11.7 Å². The number of aromatic nitrogens is 2. The van der Waals surface area contributed by atoms with E-state index in [1.165, 1.54) is 13.8 Å². The molecule has 4 N–H and O–H groups in total. The topological polar surface area (TPSA) is 136 Å². The van der Waals surface area contributed by atoms with E-state index in [0.29, 0.717) is 6.54 Å². The smallest absolute Gasteiger partial charge is 0.329 e. The predicted octanol–water partition coefficient (Wildman–Crippen LogP) is 0.882. The van der Waals surface area contributed by atoms with Gasteiger partial charge in [0.05, 0.1) is 4.92 Å². The zero-order valence-electron chi connectivity index (χ0n) is 11.6. The monoisotopic (exact) mass is 282 g/mol. The van der Waals surface area contributed by atoms with Gasteiger partial charge >= 0.3 is 5.69 Å². The Hall–Kier alpha value is -2.45.